The number of hydrogen-bond acceptors (Lipinski definition) is 9. The number of aromatic nitrogens is 4. The van der Waals surface area contributed by atoms with Gasteiger partial charge in [-0.2, -0.15) is 10.1 Å². The summed E-state index contributed by atoms with van der Waals surface area (Å²) in [6.45, 7) is 6.79. The van der Waals surface area contributed by atoms with E-state index < -0.39 is 14.6 Å². The molecule has 0 saturated carbocycles. The summed E-state index contributed by atoms with van der Waals surface area (Å²) in [5.41, 5.74) is 0.333. The van der Waals surface area contributed by atoms with Crippen LogP contribution < -0.4 is 15.0 Å². The fourth-order valence-electron chi connectivity index (χ4n) is 3.42. The number of hydrogen-bond donors (Lipinski definition) is 2. The molecule has 152 valence electrons. The zero-order valence-corrected chi connectivity index (χ0v) is 17.1. The molecule has 2 aliphatic rings. The predicted molar refractivity (Wildman–Crippen MR) is 104 cm³/mol. The van der Waals surface area contributed by atoms with Crippen molar-refractivity contribution in [3.63, 3.8) is 0 Å². The van der Waals surface area contributed by atoms with E-state index in [-0.39, 0.29) is 18.0 Å². The highest BCUT2D eigenvalue weighted by atomic mass is 32.2. The Morgan fingerprint density at radius 3 is 2.75 bits per heavy atom. The maximum Gasteiger partial charge on any atom is 0.230 e. The van der Waals surface area contributed by atoms with Gasteiger partial charge in [-0.25, -0.2) is 13.4 Å². The van der Waals surface area contributed by atoms with Crippen LogP contribution in [0.25, 0.3) is 0 Å². The Morgan fingerprint density at radius 2 is 2.07 bits per heavy atom. The molecule has 2 N–H and O–H groups in total. The topological polar surface area (TPSA) is 122 Å². The molecule has 1 saturated heterocycles. The first-order chi connectivity index (χ1) is 13.2. The standard InChI is InChI=1S/C17H24N6O4S/c1-10-7-26-8-11-9-27-13-14(17(2,3)28(4,24)25)20-16(21-15(13)23(10)11)19-12-5-6-18-22-12/h5-6,10-11H,7-9H2,1-4H3,(H2,18,19,20,21,22)/t10-,11+/m1/s1. The molecule has 2 aromatic rings. The lowest BCUT2D eigenvalue weighted by Crippen LogP contribution is -2.56. The molecule has 2 aromatic heterocycles. The lowest BCUT2D eigenvalue weighted by molar-refractivity contribution is 0.0482. The summed E-state index contributed by atoms with van der Waals surface area (Å²) in [6.07, 6.45) is 2.80. The second kappa shape index (κ2) is 6.59. The molecular formula is C17H24N6O4S. The summed E-state index contributed by atoms with van der Waals surface area (Å²) in [7, 11) is -3.47. The quantitative estimate of drug-likeness (QED) is 0.768. The smallest absolute Gasteiger partial charge is 0.230 e. The third-order valence-electron chi connectivity index (χ3n) is 5.29. The Balaban J connectivity index is 1.89. The first kappa shape index (κ1) is 18.9. The van der Waals surface area contributed by atoms with E-state index in [9.17, 15) is 8.42 Å². The average Bonchev–Trinajstić information content (AvgIpc) is 3.13. The van der Waals surface area contributed by atoms with E-state index in [1.807, 2.05) is 6.92 Å². The number of H-pyrrole nitrogens is 1. The van der Waals surface area contributed by atoms with Gasteiger partial charge in [-0.15, -0.1) is 0 Å². The summed E-state index contributed by atoms with van der Waals surface area (Å²) >= 11 is 0. The Hall–Kier alpha value is -2.40. The van der Waals surface area contributed by atoms with E-state index in [0.29, 0.717) is 42.9 Å². The highest BCUT2D eigenvalue weighted by molar-refractivity contribution is 7.91. The maximum atomic E-state index is 12.5. The van der Waals surface area contributed by atoms with Crippen molar-refractivity contribution in [3.05, 3.63) is 18.0 Å². The van der Waals surface area contributed by atoms with E-state index in [4.69, 9.17) is 9.47 Å². The van der Waals surface area contributed by atoms with Crippen molar-refractivity contribution in [2.24, 2.45) is 0 Å². The highest BCUT2D eigenvalue weighted by Gasteiger charge is 2.43. The van der Waals surface area contributed by atoms with E-state index in [1.165, 1.54) is 6.26 Å². The number of nitrogens with zero attached hydrogens (tertiary/aromatic N) is 4. The SMILES string of the molecule is C[C@@H]1COC[C@H]2COc3c(nc(Nc4ccn[nH]4)nc3C(C)(C)S(C)(=O)=O)N21. The second-order valence-electron chi connectivity index (χ2n) is 7.68. The normalized spacial score (nSPS) is 22.2. The van der Waals surface area contributed by atoms with Crippen molar-refractivity contribution in [2.75, 3.05) is 36.3 Å². The molecule has 4 heterocycles. The number of sulfone groups is 1. The van der Waals surface area contributed by atoms with Crippen LogP contribution in [0.1, 0.15) is 26.5 Å². The largest absolute Gasteiger partial charge is 0.486 e. The minimum atomic E-state index is -3.47. The zero-order chi connectivity index (χ0) is 20.1. The van der Waals surface area contributed by atoms with Crippen LogP contribution in [0.5, 0.6) is 5.75 Å². The number of rotatable bonds is 4. The van der Waals surface area contributed by atoms with E-state index in [2.05, 4.69) is 30.4 Å². The third kappa shape index (κ3) is 3.08. The molecule has 0 radical (unpaired) electrons. The average molecular weight is 408 g/mol. The van der Waals surface area contributed by atoms with Crippen LogP contribution >= 0.6 is 0 Å². The Bertz CT molecular complexity index is 976. The van der Waals surface area contributed by atoms with Crippen molar-refractivity contribution >= 4 is 27.4 Å². The summed E-state index contributed by atoms with van der Waals surface area (Å²) in [5.74, 6) is 1.87. The van der Waals surface area contributed by atoms with Crippen LogP contribution in [-0.4, -0.2) is 66.7 Å². The van der Waals surface area contributed by atoms with Crippen LogP contribution in [0.4, 0.5) is 17.6 Å². The first-order valence-electron chi connectivity index (χ1n) is 9.06. The molecule has 0 spiro atoms. The van der Waals surface area contributed by atoms with Gasteiger partial charge in [-0.1, -0.05) is 0 Å². The van der Waals surface area contributed by atoms with Crippen LogP contribution in [0.2, 0.25) is 0 Å². The fourth-order valence-corrected chi connectivity index (χ4v) is 3.91. The number of nitrogens with one attached hydrogen (secondary N) is 2. The van der Waals surface area contributed by atoms with E-state index in [1.54, 1.807) is 26.1 Å². The molecule has 28 heavy (non-hydrogen) atoms. The Kier molecular flexibility index (Phi) is 4.46. The minimum Gasteiger partial charge on any atom is -0.486 e. The molecule has 4 rings (SSSR count). The van der Waals surface area contributed by atoms with E-state index >= 15 is 0 Å². The fraction of sp³-hybridized carbons (Fsp3) is 0.588. The third-order valence-corrected chi connectivity index (χ3v) is 7.34. The summed E-state index contributed by atoms with van der Waals surface area (Å²) < 4.78 is 35.4. The number of morpholine rings is 1. The molecule has 2 atom stereocenters. The Morgan fingerprint density at radius 1 is 1.29 bits per heavy atom. The van der Waals surface area contributed by atoms with Crippen molar-refractivity contribution in [3.8, 4) is 5.75 Å². The van der Waals surface area contributed by atoms with Gasteiger partial charge in [-0.3, -0.25) is 5.10 Å². The van der Waals surface area contributed by atoms with Crippen molar-refractivity contribution in [2.45, 2.75) is 37.6 Å². The van der Waals surface area contributed by atoms with Crippen LogP contribution in [0.3, 0.4) is 0 Å². The number of ether oxygens (including phenoxy) is 2. The number of aromatic amines is 1. The summed E-state index contributed by atoms with van der Waals surface area (Å²) in [4.78, 5) is 11.3. The highest BCUT2D eigenvalue weighted by Crippen LogP contribution is 2.44. The molecule has 11 heteroatoms. The molecule has 10 nitrogen and oxygen atoms in total. The van der Waals surface area contributed by atoms with Crippen molar-refractivity contribution in [1.82, 2.24) is 20.2 Å². The van der Waals surface area contributed by atoms with Gasteiger partial charge in [0.15, 0.2) is 21.4 Å². The molecule has 0 bridgehead atoms. The van der Waals surface area contributed by atoms with E-state index in [0.717, 1.165) is 0 Å². The van der Waals surface area contributed by atoms with Gasteiger partial charge < -0.3 is 19.7 Å². The molecular weight excluding hydrogens is 384 g/mol. The molecule has 0 aromatic carbocycles. The van der Waals surface area contributed by atoms with Gasteiger partial charge in [0.05, 0.1) is 31.5 Å². The summed E-state index contributed by atoms with van der Waals surface area (Å²) in [5, 5.41) is 9.76. The van der Waals surface area contributed by atoms with Gasteiger partial charge in [0, 0.05) is 12.3 Å². The van der Waals surface area contributed by atoms with Crippen molar-refractivity contribution < 1.29 is 17.9 Å². The zero-order valence-electron chi connectivity index (χ0n) is 16.3. The molecule has 1 fully saturated rings. The molecule has 0 unspecified atom stereocenters. The van der Waals surface area contributed by atoms with Crippen LogP contribution in [-0.2, 0) is 19.3 Å². The van der Waals surface area contributed by atoms with Gasteiger partial charge in [-0.05, 0) is 20.8 Å². The lowest BCUT2D eigenvalue weighted by Gasteiger charge is -2.45. The molecule has 0 amide bonds. The van der Waals surface area contributed by atoms with Crippen molar-refractivity contribution in [1.29, 1.82) is 0 Å². The minimum absolute atomic E-state index is 0.0142. The first-order valence-corrected chi connectivity index (χ1v) is 10.9. The van der Waals surface area contributed by atoms with Gasteiger partial charge in [0.1, 0.15) is 22.9 Å². The monoisotopic (exact) mass is 408 g/mol. The van der Waals surface area contributed by atoms with Gasteiger partial charge >= 0.3 is 0 Å². The Labute approximate surface area is 163 Å². The summed E-state index contributed by atoms with van der Waals surface area (Å²) in [6, 6.07) is 1.83. The number of anilines is 3. The van der Waals surface area contributed by atoms with Gasteiger partial charge in [0.25, 0.3) is 0 Å². The van der Waals surface area contributed by atoms with Gasteiger partial charge in [0.2, 0.25) is 5.95 Å². The van der Waals surface area contributed by atoms with Crippen LogP contribution in [0, 0.1) is 0 Å². The molecule has 2 aliphatic heterocycles. The predicted octanol–water partition coefficient (Wildman–Crippen LogP) is 1.21. The second-order valence-corrected chi connectivity index (χ2v) is 10.2. The number of fused-ring (bicyclic) bond motifs is 3. The lowest BCUT2D eigenvalue weighted by atomic mass is 10.0. The maximum absolute atomic E-state index is 12.5. The molecule has 0 aliphatic carbocycles. The van der Waals surface area contributed by atoms with Crippen LogP contribution in [0.15, 0.2) is 12.3 Å².